The van der Waals surface area contributed by atoms with Gasteiger partial charge in [0.25, 0.3) is 0 Å². The molecule has 3 aromatic carbocycles. The van der Waals surface area contributed by atoms with Crippen LogP contribution in [0.2, 0.25) is 0 Å². The Hall–Kier alpha value is -4.28. The summed E-state index contributed by atoms with van der Waals surface area (Å²) in [4.78, 5) is 23.9. The molecule has 0 unspecified atom stereocenters. The van der Waals surface area contributed by atoms with E-state index in [0.717, 1.165) is 16.7 Å². The van der Waals surface area contributed by atoms with E-state index >= 15 is 0 Å². The number of benzene rings is 3. The van der Waals surface area contributed by atoms with Gasteiger partial charge in [-0.3, -0.25) is 0 Å². The van der Waals surface area contributed by atoms with Gasteiger partial charge in [-0.2, -0.15) is 5.10 Å². The van der Waals surface area contributed by atoms with E-state index in [2.05, 4.69) is 15.7 Å². The van der Waals surface area contributed by atoms with Gasteiger partial charge in [-0.05, 0) is 120 Å². The molecule has 0 aliphatic heterocycles. The number of alkyl carbamates (subject to hydrolysis) is 2. The van der Waals surface area contributed by atoms with Crippen molar-refractivity contribution in [3.05, 3.63) is 89.5 Å². The van der Waals surface area contributed by atoms with Crippen LogP contribution in [0.15, 0.2) is 77.9 Å². The lowest BCUT2D eigenvalue weighted by Crippen LogP contribution is -2.33. The third kappa shape index (κ3) is 13.9. The number of amides is 2. The van der Waals surface area contributed by atoms with Gasteiger partial charge >= 0.3 is 18.8 Å². The van der Waals surface area contributed by atoms with Crippen molar-refractivity contribution in [2.24, 2.45) is 5.10 Å². The van der Waals surface area contributed by atoms with Gasteiger partial charge in [0.2, 0.25) is 0 Å². The third-order valence-electron chi connectivity index (χ3n) is 6.07. The van der Waals surface area contributed by atoms with E-state index in [1.165, 1.54) is 4.78 Å². The highest BCUT2D eigenvalue weighted by atomic mass is 32.5. The molecule has 0 heterocycles. The van der Waals surface area contributed by atoms with Gasteiger partial charge in [0.1, 0.15) is 28.5 Å². The molecule has 0 fully saturated rings. The molecule has 0 aromatic heterocycles. The second-order valence-corrected chi connectivity index (χ2v) is 15.9. The lowest BCUT2D eigenvalue weighted by molar-refractivity contribution is 0.0517. The molecule has 0 aliphatic carbocycles. The summed E-state index contributed by atoms with van der Waals surface area (Å²) in [5, 5.41) is 19.6. The van der Waals surface area contributed by atoms with Crippen LogP contribution < -0.4 is 19.7 Å². The van der Waals surface area contributed by atoms with Gasteiger partial charge in [0.05, 0.1) is 6.21 Å². The average molecular weight is 685 g/mol. The van der Waals surface area contributed by atoms with Crippen LogP contribution in [0.25, 0.3) is 0 Å². The van der Waals surface area contributed by atoms with Gasteiger partial charge in [0.15, 0.2) is 0 Å². The van der Waals surface area contributed by atoms with E-state index in [4.69, 9.17) is 30.3 Å². The molecule has 47 heavy (non-hydrogen) atoms. The normalized spacial score (nSPS) is 11.9. The number of hydrazone groups is 1. The average Bonchev–Trinajstić information content (AvgIpc) is 2.96. The van der Waals surface area contributed by atoms with Crippen molar-refractivity contribution in [2.45, 2.75) is 65.6 Å². The van der Waals surface area contributed by atoms with E-state index in [0.29, 0.717) is 37.4 Å². The minimum atomic E-state index is -3.27. The Labute approximate surface area is 282 Å². The van der Waals surface area contributed by atoms with Crippen molar-refractivity contribution >= 4 is 36.9 Å². The van der Waals surface area contributed by atoms with Crippen molar-refractivity contribution in [3.8, 4) is 17.2 Å². The molecule has 0 radical (unpaired) electrons. The van der Waals surface area contributed by atoms with Crippen molar-refractivity contribution in [1.82, 2.24) is 15.4 Å². The van der Waals surface area contributed by atoms with Crippen LogP contribution in [0.3, 0.4) is 0 Å². The maximum Gasteiger partial charge on any atom is 0.410 e. The first-order valence-corrected chi connectivity index (χ1v) is 17.8. The molecule has 0 bridgehead atoms. The summed E-state index contributed by atoms with van der Waals surface area (Å²) in [5.74, 6) is 1.14. The highest BCUT2D eigenvalue weighted by molar-refractivity contribution is 8.09. The van der Waals surface area contributed by atoms with Gasteiger partial charge in [-0.25, -0.2) is 14.4 Å². The predicted octanol–water partition coefficient (Wildman–Crippen LogP) is 7.17. The minimum absolute atomic E-state index is 0.153. The van der Waals surface area contributed by atoms with Crippen molar-refractivity contribution in [3.63, 3.8) is 0 Å². The van der Waals surface area contributed by atoms with Crippen LogP contribution in [0.5, 0.6) is 17.2 Å². The molecule has 2 amide bonds. The highest BCUT2D eigenvalue weighted by Gasteiger charge is 2.29. The lowest BCUT2D eigenvalue weighted by atomic mass is 10.1. The number of nitrogens with one attached hydrogen (secondary N) is 2. The Bertz CT molecular complexity index is 1450. The first kappa shape index (κ1) is 37.2. The van der Waals surface area contributed by atoms with Crippen LogP contribution in [-0.4, -0.2) is 59.6 Å². The predicted molar refractivity (Wildman–Crippen MR) is 188 cm³/mol. The zero-order chi connectivity index (χ0) is 34.7. The molecule has 0 saturated heterocycles. The minimum Gasteiger partial charge on any atom is -0.508 e. The maximum absolute atomic E-state index is 11.9. The molecule has 11 nitrogen and oxygen atoms in total. The van der Waals surface area contributed by atoms with E-state index < -0.39 is 30.0 Å². The van der Waals surface area contributed by atoms with E-state index in [1.54, 1.807) is 61.8 Å². The zero-order valence-corrected chi connectivity index (χ0v) is 29.7. The number of rotatable bonds is 13. The third-order valence-corrected chi connectivity index (χ3v) is 8.93. The molecule has 3 N–H and O–H groups in total. The monoisotopic (exact) mass is 684 g/mol. The van der Waals surface area contributed by atoms with Crippen LogP contribution in [0, 0.1) is 0 Å². The van der Waals surface area contributed by atoms with Crippen molar-refractivity contribution < 1.29 is 33.2 Å². The molecular formula is C34H45N4O7PS. The second-order valence-electron chi connectivity index (χ2n) is 12.6. The summed E-state index contributed by atoms with van der Waals surface area (Å²) in [6, 6.07) is 21.4. The summed E-state index contributed by atoms with van der Waals surface area (Å²) < 4.78 is 24.7. The molecule has 0 saturated carbocycles. The number of carbonyl (C=O) groups is 2. The van der Waals surface area contributed by atoms with E-state index in [9.17, 15) is 14.7 Å². The zero-order valence-electron chi connectivity index (χ0n) is 28.0. The molecule has 13 heteroatoms. The number of carbonyl (C=O) groups excluding carboxylic acids is 2. The summed E-state index contributed by atoms with van der Waals surface area (Å²) in [6.45, 7) is 8.46. The van der Waals surface area contributed by atoms with Gasteiger partial charge < -0.3 is 34.3 Å². The first-order valence-electron chi connectivity index (χ1n) is 15.2. The number of nitrogens with zero attached hydrogens (tertiary/aromatic N) is 2. The number of hydrogen-bond acceptors (Lipinski definition) is 9. The fourth-order valence-electron chi connectivity index (χ4n) is 3.86. The number of hydrogen-bond donors (Lipinski definition) is 3. The highest BCUT2D eigenvalue weighted by Crippen LogP contribution is 2.51. The van der Waals surface area contributed by atoms with Gasteiger partial charge in [0, 0.05) is 31.9 Å². The van der Waals surface area contributed by atoms with Crippen LogP contribution >= 0.6 is 6.64 Å². The summed E-state index contributed by atoms with van der Waals surface area (Å²) in [6.07, 6.45) is 1.88. The molecule has 3 aromatic rings. The standard InChI is InChI=1S/C34H45N4O7PS/c1-33(2,3)42-31(40)35-22-20-25-10-16-29(17-11-25)44-46(47,38(7)37-24-27-8-14-28(39)15-9-27)45-30-18-12-26(13-19-30)21-23-36-32(41)43-34(4,5)6/h8-19,24,39H,20-23H2,1-7H3,(H,35,40)(H,36,41)/b37-24+. The van der Waals surface area contributed by atoms with Gasteiger partial charge in [-0.15, -0.1) is 0 Å². The Balaban J connectivity index is 1.69. The number of ether oxygens (including phenoxy) is 2. The molecular weight excluding hydrogens is 639 g/mol. The number of phenols is 1. The van der Waals surface area contributed by atoms with Crippen molar-refractivity contribution in [2.75, 3.05) is 20.1 Å². The van der Waals surface area contributed by atoms with E-state index in [1.807, 2.05) is 65.8 Å². The summed E-state index contributed by atoms with van der Waals surface area (Å²) in [7, 11) is 1.69. The molecule has 0 atom stereocenters. The molecule has 0 aliphatic rings. The number of phenolic OH excluding ortho intramolecular Hbond substituents is 1. The van der Waals surface area contributed by atoms with Gasteiger partial charge in [-0.1, -0.05) is 24.3 Å². The van der Waals surface area contributed by atoms with Crippen LogP contribution in [0.4, 0.5) is 9.59 Å². The quantitative estimate of drug-likeness (QED) is 0.0974. The number of aromatic hydroxyl groups is 1. The lowest BCUT2D eigenvalue weighted by Gasteiger charge is -2.29. The van der Waals surface area contributed by atoms with Crippen LogP contribution in [0.1, 0.15) is 58.2 Å². The maximum atomic E-state index is 11.9. The fourth-order valence-corrected chi connectivity index (χ4v) is 5.73. The summed E-state index contributed by atoms with van der Waals surface area (Å²) in [5.41, 5.74) is 1.60. The molecule has 0 spiro atoms. The largest absolute Gasteiger partial charge is 0.508 e. The SMILES string of the molecule is CN(/N=C/c1ccc(O)cc1)P(=S)(Oc1ccc(CCNC(=O)OC(C)(C)C)cc1)Oc1ccc(CCNC(=O)OC(C)(C)C)cc1. The van der Waals surface area contributed by atoms with Crippen LogP contribution in [-0.2, 0) is 34.1 Å². The summed E-state index contributed by atoms with van der Waals surface area (Å²) >= 11 is 5.99. The molecule has 3 rings (SSSR count). The first-order chi connectivity index (χ1) is 22.0. The van der Waals surface area contributed by atoms with E-state index in [-0.39, 0.29) is 5.75 Å². The Morgan fingerprint density at radius 3 is 1.55 bits per heavy atom. The Morgan fingerprint density at radius 1 is 0.766 bits per heavy atom. The smallest absolute Gasteiger partial charge is 0.410 e. The Morgan fingerprint density at radius 2 is 1.17 bits per heavy atom. The van der Waals surface area contributed by atoms with Crippen molar-refractivity contribution in [1.29, 1.82) is 0 Å². The molecule has 254 valence electrons. The second kappa shape index (κ2) is 16.5. The Kier molecular flexibility index (Phi) is 13.1. The topological polar surface area (TPSA) is 131 Å². The fraction of sp³-hybridized carbons (Fsp3) is 0.382.